The second-order valence-electron chi connectivity index (χ2n) is 24.2. The molecule has 29 N–H and O–H groups in total. The van der Waals surface area contributed by atoms with Crippen molar-refractivity contribution in [2.24, 2.45) is 60.8 Å². The average Bonchev–Trinajstić information content (AvgIpc) is 1.74. The molecular weight excluding hydrogens is 1370 g/mol. The van der Waals surface area contributed by atoms with Gasteiger partial charge in [0.2, 0.25) is 76.8 Å². The number of aliphatic carboxylic acids is 1. The number of hydrogen-bond acceptors (Lipinski definition) is 20. The summed E-state index contributed by atoms with van der Waals surface area (Å²) in [7, 11) is 0. The second kappa shape index (κ2) is 44.2. The molecule has 10 atom stereocenters. The third-order valence-corrected chi connectivity index (χ3v) is 16.9. The van der Waals surface area contributed by atoms with E-state index in [0.29, 0.717) is 17.5 Å². The lowest BCUT2D eigenvalue weighted by Crippen LogP contribution is -2.60. The summed E-state index contributed by atoms with van der Waals surface area (Å²) in [5.74, 6) is -15.6. The number of unbranched alkanes of at least 4 members (excludes halogenated alkanes) is 1. The van der Waals surface area contributed by atoms with Crippen LogP contribution >= 0.6 is 11.8 Å². The van der Waals surface area contributed by atoms with Crippen molar-refractivity contribution in [3.8, 4) is 5.75 Å². The van der Waals surface area contributed by atoms with Gasteiger partial charge in [0.05, 0.1) is 25.3 Å². The molecular formula is C63H97N23O16S. The van der Waals surface area contributed by atoms with Crippen molar-refractivity contribution in [1.29, 1.82) is 0 Å². The summed E-state index contributed by atoms with van der Waals surface area (Å²) in [6.45, 7) is -0.329. The number of rotatable bonds is 23. The number of carboxylic acids is 1. The average molecular weight is 1460 g/mol. The van der Waals surface area contributed by atoms with Gasteiger partial charge in [-0.1, -0.05) is 42.5 Å². The van der Waals surface area contributed by atoms with E-state index < -0.39 is 168 Å². The molecule has 13 amide bonds. The van der Waals surface area contributed by atoms with Gasteiger partial charge in [-0.2, -0.15) is 0 Å². The molecule has 2 aromatic carbocycles. The van der Waals surface area contributed by atoms with Crippen molar-refractivity contribution in [2.75, 3.05) is 57.3 Å². The molecule has 2 aliphatic rings. The van der Waals surface area contributed by atoms with Gasteiger partial charge in [-0.3, -0.25) is 82.1 Å². The van der Waals surface area contributed by atoms with E-state index in [1.165, 1.54) is 36.1 Å². The molecule has 4 rings (SSSR count). The first-order valence-corrected chi connectivity index (χ1v) is 34.4. The van der Waals surface area contributed by atoms with Gasteiger partial charge >= 0.3 is 5.97 Å². The Hall–Kier alpha value is -11.1. The monoisotopic (exact) mass is 1460 g/mol. The Morgan fingerprint density at radius 1 is 0.505 bits per heavy atom. The molecule has 2 saturated heterocycles. The number of benzene rings is 2. The maximum atomic E-state index is 15.0. The molecule has 2 fully saturated rings. The lowest BCUT2D eigenvalue weighted by molar-refractivity contribution is -0.143. The van der Waals surface area contributed by atoms with Crippen LogP contribution in [0.25, 0.3) is 0 Å². The molecule has 0 aromatic heterocycles. The summed E-state index contributed by atoms with van der Waals surface area (Å²) in [6, 6.07) is -0.987. The van der Waals surface area contributed by atoms with Crippen molar-refractivity contribution < 1.29 is 77.3 Å². The minimum absolute atomic E-state index is 0.0144. The maximum absolute atomic E-state index is 15.0. The van der Waals surface area contributed by atoms with Gasteiger partial charge in [0.1, 0.15) is 66.2 Å². The van der Waals surface area contributed by atoms with E-state index in [1.807, 2.05) is 0 Å². The van der Waals surface area contributed by atoms with Crippen molar-refractivity contribution in [1.82, 2.24) is 63.4 Å². The van der Waals surface area contributed by atoms with Crippen LogP contribution in [-0.4, -0.2) is 233 Å². The van der Waals surface area contributed by atoms with Crippen LogP contribution in [-0.2, 0) is 80.0 Å². The highest BCUT2D eigenvalue weighted by Gasteiger charge is 2.41. The number of aliphatic imine (C=N–C) groups is 3. The minimum Gasteiger partial charge on any atom is -0.508 e. The molecule has 566 valence electrons. The molecule has 39 nitrogen and oxygen atoms in total. The highest BCUT2D eigenvalue weighted by Crippen LogP contribution is 2.22. The molecule has 0 aliphatic carbocycles. The third-order valence-electron chi connectivity index (χ3n) is 15.9. The normalized spacial score (nSPS) is 23.3. The first-order chi connectivity index (χ1) is 48.9. The van der Waals surface area contributed by atoms with Crippen LogP contribution in [0, 0.1) is 0 Å². The first-order valence-electron chi connectivity index (χ1n) is 33.3. The summed E-state index contributed by atoms with van der Waals surface area (Å²) >= 11 is 0.802. The van der Waals surface area contributed by atoms with Gasteiger partial charge < -0.3 is 119 Å². The van der Waals surface area contributed by atoms with E-state index >= 15 is 4.79 Å². The molecule has 40 heteroatoms. The van der Waals surface area contributed by atoms with Crippen molar-refractivity contribution >= 4 is 112 Å². The van der Waals surface area contributed by atoms with Gasteiger partial charge in [-0.05, 0) is 107 Å². The maximum Gasteiger partial charge on any atom is 0.305 e. The first kappa shape index (κ1) is 84.4. The van der Waals surface area contributed by atoms with E-state index in [-0.39, 0.29) is 139 Å². The highest BCUT2D eigenvalue weighted by molar-refractivity contribution is 8.00. The molecule has 0 bridgehead atoms. The fraction of sp³-hybridized carbons (Fsp3) is 0.540. The molecule has 0 unspecified atom stereocenters. The number of amides is 13. The summed E-state index contributed by atoms with van der Waals surface area (Å²) in [5, 5.41) is 47.5. The summed E-state index contributed by atoms with van der Waals surface area (Å²) in [4.78, 5) is 208. The molecule has 103 heavy (non-hydrogen) atoms. The number of nitrogens with zero attached hydrogens (tertiary/aromatic N) is 4. The Balaban J connectivity index is 1.81. The van der Waals surface area contributed by atoms with Crippen molar-refractivity contribution in [2.45, 2.75) is 157 Å². The van der Waals surface area contributed by atoms with Crippen LogP contribution in [0.1, 0.15) is 95.1 Å². The number of carbonyl (C=O) groups is 14. The smallest absolute Gasteiger partial charge is 0.305 e. The number of hydrogen-bond donors (Lipinski definition) is 21. The Kier molecular flexibility index (Phi) is 36.2. The molecule has 0 spiro atoms. The summed E-state index contributed by atoms with van der Waals surface area (Å²) in [6.07, 6.45) is -1.15. The number of phenols is 1. The van der Waals surface area contributed by atoms with Crippen LogP contribution in [0.3, 0.4) is 0 Å². The number of carboxylic acid groups (broad SMARTS) is 1. The fourth-order valence-electron chi connectivity index (χ4n) is 10.6. The van der Waals surface area contributed by atoms with Crippen LogP contribution in [0.4, 0.5) is 0 Å². The van der Waals surface area contributed by atoms with Crippen LogP contribution < -0.4 is 104 Å². The van der Waals surface area contributed by atoms with Gasteiger partial charge in [-0.25, -0.2) is 0 Å². The van der Waals surface area contributed by atoms with E-state index in [4.69, 9.17) is 45.9 Å². The van der Waals surface area contributed by atoms with Crippen molar-refractivity contribution in [3.05, 3.63) is 65.7 Å². The summed E-state index contributed by atoms with van der Waals surface area (Å²) < 4.78 is 0. The lowest BCUT2D eigenvalue weighted by Gasteiger charge is -2.31. The van der Waals surface area contributed by atoms with Gasteiger partial charge in [0.15, 0.2) is 17.9 Å². The van der Waals surface area contributed by atoms with Gasteiger partial charge in [0, 0.05) is 44.8 Å². The number of fused-ring (bicyclic) bond motifs is 1. The second-order valence-corrected chi connectivity index (χ2v) is 25.3. The lowest BCUT2D eigenvalue weighted by atomic mass is 10.0. The molecule has 0 saturated carbocycles. The topological polar surface area (TPSA) is 660 Å². The Bertz CT molecular complexity index is 3360. The standard InChI is InChI=1S/C63H97N23O16S/c1-34-52(94)80-40(15-8-24-73-62(68)69)55(97)84-43(27-35-11-3-2-4-12-35)57(99)83-41(16-9-25-74-63(70)71)60(102)86-26-10-17-46(86)59(101)82-39(13-5-6-22-64)54(96)85-44(29-50(91)92)58(100)81-38(14-7-23-72-61(66)67)53(95)76-30-47(88)75-31-48(89)79-45(51(65)93)32-103-33-49(90)78-42(56(98)77-34)28-36-18-20-37(87)21-19-36/h2-4,11-12,18-21,34,38-46,87H,5-10,13-17,22-33,64H2,1H3,(H2,65,93)(H,75,88)(H,76,95)(H,77,98)(H,78,90)(H,79,89)(H,80,94)(H,81,100)(H,82,101)(H,83,99)(H,84,97)(H,85,96)(H,91,92)(H4,66,67,72)(H4,68,69,73)(H4,70,71,74)/t34-,38-,39-,40-,41-,42-,43-,44-,45-,46-/m0/s1. The quantitative estimate of drug-likeness (QED) is 0.0279. The number of primary amides is 1. The third kappa shape index (κ3) is 31.6. The number of nitrogens with two attached hydrogens (primary N) is 8. The number of thioether (sulfide) groups is 1. The Morgan fingerprint density at radius 2 is 0.971 bits per heavy atom. The number of guanidine groups is 3. The molecule has 2 aromatic rings. The molecule has 2 aliphatic heterocycles. The predicted molar refractivity (Wildman–Crippen MR) is 377 cm³/mol. The summed E-state index contributed by atoms with van der Waals surface area (Å²) in [5.41, 5.74) is 45.7. The fourth-order valence-corrected chi connectivity index (χ4v) is 11.5. The number of aromatic hydroxyl groups is 1. The van der Waals surface area contributed by atoms with E-state index in [9.17, 15) is 72.5 Å². The van der Waals surface area contributed by atoms with E-state index in [0.717, 1.165) is 11.8 Å². The Morgan fingerprint density at radius 3 is 1.53 bits per heavy atom. The minimum atomic E-state index is -1.92. The zero-order valence-corrected chi connectivity index (χ0v) is 58.0. The Labute approximate surface area is 597 Å². The van der Waals surface area contributed by atoms with E-state index in [2.05, 4.69) is 73.5 Å². The van der Waals surface area contributed by atoms with E-state index in [1.54, 1.807) is 30.3 Å². The predicted octanol–water partition coefficient (Wildman–Crippen LogP) is -8.22. The number of phenolic OH excluding ortho intramolecular Hbond substituents is 1. The molecule has 0 radical (unpaired) electrons. The van der Waals surface area contributed by atoms with Gasteiger partial charge in [0.25, 0.3) is 0 Å². The van der Waals surface area contributed by atoms with Gasteiger partial charge in [-0.15, -0.1) is 11.8 Å². The number of nitrogens with one attached hydrogen (secondary N) is 11. The van der Waals surface area contributed by atoms with Crippen molar-refractivity contribution in [3.63, 3.8) is 0 Å². The van der Waals surface area contributed by atoms with Crippen LogP contribution in [0.2, 0.25) is 0 Å². The zero-order valence-electron chi connectivity index (χ0n) is 57.2. The van der Waals surface area contributed by atoms with Crippen LogP contribution in [0.5, 0.6) is 5.75 Å². The SMILES string of the molecule is C[C@@H]1NC(=O)[C@H](Cc2ccc(O)cc2)NC(=O)CSC[C@@H](C(N)=O)NC(=O)CNC(=O)CNC(=O)[C@H](CCCN=C(N)N)NC(=O)[C@H](CC(=O)O)NC(=O)[C@H](CCCCN)NC(=O)[C@@H]2CCCN2C(=O)[C@H](CCCN=C(N)N)NC(=O)[C@H](Cc2ccccc2)NC(=O)[C@H](CCCN=C(N)N)NC1=O. The molecule has 2 heterocycles. The highest BCUT2D eigenvalue weighted by atomic mass is 32.2. The number of carbonyl (C=O) groups excluding carboxylic acids is 13. The largest absolute Gasteiger partial charge is 0.508 e. The van der Waals surface area contributed by atoms with Crippen LogP contribution in [0.15, 0.2) is 69.6 Å². The zero-order chi connectivity index (χ0) is 76.1.